The number of H-pyrrole nitrogens is 1. The number of amides is 1. The van der Waals surface area contributed by atoms with Crippen LogP contribution in [0.1, 0.15) is 29.3 Å². The number of pyridine rings is 1. The fourth-order valence-corrected chi connectivity index (χ4v) is 4.77. The first-order valence-corrected chi connectivity index (χ1v) is 12.4. The summed E-state index contributed by atoms with van der Waals surface area (Å²) in [6.45, 7) is 5.55. The van der Waals surface area contributed by atoms with Gasteiger partial charge in [0, 0.05) is 62.0 Å². The van der Waals surface area contributed by atoms with E-state index in [9.17, 15) is 22.8 Å². The van der Waals surface area contributed by atoms with Crippen LogP contribution in [0.15, 0.2) is 41.6 Å². The Bertz CT molecular complexity index is 1420. The minimum atomic E-state index is -4.93. The lowest BCUT2D eigenvalue weighted by atomic mass is 10.0. The van der Waals surface area contributed by atoms with Gasteiger partial charge in [0.2, 0.25) is 11.5 Å². The Balaban J connectivity index is 1.52. The number of hydrogen-bond donors (Lipinski definition) is 2. The highest BCUT2D eigenvalue weighted by Crippen LogP contribution is 2.37. The number of ether oxygens (including phenoxy) is 1. The number of carbonyl (C=O) groups excluding carboxylic acids is 1. The third-order valence-corrected chi connectivity index (χ3v) is 6.82. The Morgan fingerprint density at radius 2 is 1.82 bits per heavy atom. The van der Waals surface area contributed by atoms with Crippen molar-refractivity contribution in [3.8, 4) is 11.1 Å². The van der Waals surface area contributed by atoms with Crippen LogP contribution in [0, 0.1) is 11.7 Å². The summed E-state index contributed by atoms with van der Waals surface area (Å²) in [7, 11) is 0. The molecule has 3 aromatic rings. The average molecular weight is 547 g/mol. The molecule has 1 unspecified atom stereocenters. The van der Waals surface area contributed by atoms with Crippen LogP contribution in [0.2, 0.25) is 0 Å². The number of halogens is 4. The topological polar surface area (TPSA) is 103 Å². The van der Waals surface area contributed by atoms with Crippen molar-refractivity contribution in [2.24, 2.45) is 5.92 Å². The van der Waals surface area contributed by atoms with Crippen LogP contribution in [0.4, 0.5) is 34.9 Å². The molecule has 13 heteroatoms. The molecule has 0 spiro atoms. The molecule has 1 amide bonds. The molecule has 0 aliphatic carbocycles. The van der Waals surface area contributed by atoms with E-state index in [-0.39, 0.29) is 11.3 Å². The molecule has 0 radical (unpaired) electrons. The molecule has 2 saturated heterocycles. The van der Waals surface area contributed by atoms with Crippen LogP contribution >= 0.6 is 0 Å². The molecule has 2 aliphatic rings. The first-order chi connectivity index (χ1) is 18.6. The van der Waals surface area contributed by atoms with Crippen LogP contribution in [0.25, 0.3) is 11.1 Å². The second kappa shape index (κ2) is 10.6. The Kier molecular flexibility index (Phi) is 7.25. The van der Waals surface area contributed by atoms with Crippen molar-refractivity contribution in [3.63, 3.8) is 0 Å². The van der Waals surface area contributed by atoms with Gasteiger partial charge < -0.3 is 24.8 Å². The van der Waals surface area contributed by atoms with E-state index in [0.29, 0.717) is 68.6 Å². The van der Waals surface area contributed by atoms with Crippen LogP contribution in [-0.2, 0) is 10.9 Å². The molecule has 1 aromatic carbocycles. The quantitative estimate of drug-likeness (QED) is 0.468. The van der Waals surface area contributed by atoms with Crippen molar-refractivity contribution < 1.29 is 27.1 Å². The van der Waals surface area contributed by atoms with Gasteiger partial charge in [0.05, 0.1) is 35.7 Å². The number of nitrogens with one attached hydrogen (secondary N) is 2. The maximum atomic E-state index is 15.4. The highest BCUT2D eigenvalue weighted by Gasteiger charge is 2.36. The minimum Gasteiger partial charge on any atom is -0.378 e. The van der Waals surface area contributed by atoms with Gasteiger partial charge in [0.15, 0.2) is 0 Å². The highest BCUT2D eigenvalue weighted by molar-refractivity contribution is 6.07. The fraction of sp³-hybridized carbons (Fsp3) is 0.385. The van der Waals surface area contributed by atoms with Gasteiger partial charge in [0.25, 0.3) is 5.91 Å². The predicted octanol–water partition coefficient (Wildman–Crippen LogP) is 3.92. The molecular formula is C26H26F4N6O3. The van der Waals surface area contributed by atoms with Gasteiger partial charge >= 0.3 is 6.18 Å². The van der Waals surface area contributed by atoms with Crippen LogP contribution in [-0.4, -0.2) is 60.3 Å². The first-order valence-electron chi connectivity index (χ1n) is 12.4. The molecule has 2 aromatic heterocycles. The van der Waals surface area contributed by atoms with E-state index in [1.165, 1.54) is 24.5 Å². The maximum absolute atomic E-state index is 15.4. The van der Waals surface area contributed by atoms with Crippen molar-refractivity contribution in [1.29, 1.82) is 0 Å². The molecule has 0 saturated carbocycles. The van der Waals surface area contributed by atoms with Crippen molar-refractivity contribution in [3.05, 3.63) is 64.1 Å². The molecule has 9 nitrogen and oxygen atoms in total. The molecule has 1 atom stereocenters. The zero-order valence-corrected chi connectivity index (χ0v) is 21.0. The summed E-state index contributed by atoms with van der Waals surface area (Å²) in [6.07, 6.45) is -0.444. The second-order valence-corrected chi connectivity index (χ2v) is 9.64. The van der Waals surface area contributed by atoms with E-state index in [0.717, 1.165) is 12.6 Å². The normalized spacial score (nSPS) is 17.9. The molecule has 2 N–H and O–H groups in total. The van der Waals surface area contributed by atoms with Crippen molar-refractivity contribution in [2.75, 3.05) is 54.5 Å². The van der Waals surface area contributed by atoms with Gasteiger partial charge in [-0.1, -0.05) is 6.92 Å². The number of aromatic amines is 1. The zero-order chi connectivity index (χ0) is 27.7. The van der Waals surface area contributed by atoms with Crippen molar-refractivity contribution in [1.82, 2.24) is 15.0 Å². The monoisotopic (exact) mass is 546 g/mol. The zero-order valence-electron chi connectivity index (χ0n) is 21.0. The fourth-order valence-electron chi connectivity index (χ4n) is 4.77. The van der Waals surface area contributed by atoms with Crippen LogP contribution < -0.4 is 20.7 Å². The van der Waals surface area contributed by atoms with E-state index < -0.39 is 34.6 Å². The summed E-state index contributed by atoms with van der Waals surface area (Å²) in [5, 5.41) is 2.52. The highest BCUT2D eigenvalue weighted by atomic mass is 19.4. The number of carbonyl (C=O) groups is 1. The van der Waals surface area contributed by atoms with E-state index >= 15 is 4.39 Å². The van der Waals surface area contributed by atoms with E-state index in [1.807, 2.05) is 16.7 Å². The van der Waals surface area contributed by atoms with Gasteiger partial charge in [-0.2, -0.15) is 13.2 Å². The van der Waals surface area contributed by atoms with Crippen molar-refractivity contribution in [2.45, 2.75) is 19.5 Å². The molecule has 206 valence electrons. The number of anilines is 3. The predicted molar refractivity (Wildman–Crippen MR) is 136 cm³/mol. The molecule has 2 aliphatic heterocycles. The third-order valence-electron chi connectivity index (χ3n) is 6.82. The number of alkyl halides is 3. The smallest absolute Gasteiger partial charge is 0.378 e. The van der Waals surface area contributed by atoms with Gasteiger partial charge in [-0.25, -0.2) is 14.4 Å². The molecular weight excluding hydrogens is 520 g/mol. The lowest BCUT2D eigenvalue weighted by molar-refractivity contribution is -0.138. The average Bonchev–Trinajstić information content (AvgIpc) is 3.35. The Labute approximate surface area is 220 Å². The third kappa shape index (κ3) is 5.72. The number of morpholine rings is 1. The standard InChI is InChI=1S/C26H26F4N6O3/c1-15-2-3-36(14-15)22-10-20(27)17(16-11-32-25(33-12-16)35-4-6-39-7-5-35)8-21(22)34-24(38)18-13-31-23(37)9-19(18)26(28,29)30/h8-13,15H,2-7,14H2,1H3,(H,31,37)(H,34,38). The van der Waals surface area contributed by atoms with Crippen LogP contribution in [0.3, 0.4) is 0 Å². The molecule has 2 fully saturated rings. The Morgan fingerprint density at radius 1 is 1.10 bits per heavy atom. The SMILES string of the molecule is CC1CCN(c2cc(F)c(-c3cnc(N4CCOCC4)nc3)cc2NC(=O)c2c[nH]c(=O)cc2C(F)(F)F)C1. The number of rotatable bonds is 5. The van der Waals surface area contributed by atoms with E-state index in [1.54, 1.807) is 0 Å². The van der Waals surface area contributed by atoms with E-state index in [2.05, 4.69) is 20.3 Å². The van der Waals surface area contributed by atoms with Gasteiger partial charge in [-0.05, 0) is 24.5 Å². The van der Waals surface area contributed by atoms with E-state index in [4.69, 9.17) is 4.74 Å². The number of nitrogens with zero attached hydrogens (tertiary/aromatic N) is 4. The number of benzene rings is 1. The summed E-state index contributed by atoms with van der Waals surface area (Å²) < 4.78 is 61.5. The maximum Gasteiger partial charge on any atom is 0.417 e. The molecule has 39 heavy (non-hydrogen) atoms. The van der Waals surface area contributed by atoms with Crippen molar-refractivity contribution >= 4 is 23.2 Å². The van der Waals surface area contributed by atoms with Gasteiger partial charge in [-0.15, -0.1) is 0 Å². The summed E-state index contributed by atoms with van der Waals surface area (Å²) in [5.41, 5.74) is -2.23. The van der Waals surface area contributed by atoms with Gasteiger partial charge in [0.1, 0.15) is 5.82 Å². The molecule has 4 heterocycles. The Hall–Kier alpha value is -4.00. The first kappa shape index (κ1) is 26.6. The summed E-state index contributed by atoms with van der Waals surface area (Å²) in [4.78, 5) is 39.3. The number of aromatic nitrogens is 3. The summed E-state index contributed by atoms with van der Waals surface area (Å²) >= 11 is 0. The second-order valence-electron chi connectivity index (χ2n) is 9.64. The lowest BCUT2D eigenvalue weighted by Crippen LogP contribution is -2.37. The van der Waals surface area contributed by atoms with Crippen LogP contribution in [0.5, 0.6) is 0 Å². The van der Waals surface area contributed by atoms with Gasteiger partial charge in [-0.3, -0.25) is 9.59 Å². The molecule has 0 bridgehead atoms. The summed E-state index contributed by atoms with van der Waals surface area (Å²) in [5.74, 6) is -0.904. The number of hydrogen-bond acceptors (Lipinski definition) is 7. The summed E-state index contributed by atoms with van der Waals surface area (Å²) in [6, 6.07) is 2.97. The Morgan fingerprint density at radius 3 is 2.46 bits per heavy atom. The largest absolute Gasteiger partial charge is 0.417 e. The molecule has 5 rings (SSSR count). The lowest BCUT2D eigenvalue weighted by Gasteiger charge is -2.26. The minimum absolute atomic E-state index is 0.0762.